The Bertz CT molecular complexity index is 1490. The molecular weight excluding hydrogens is 446 g/mol. The Balaban J connectivity index is 1.58. The number of pyridine rings is 2. The molecule has 0 fully saturated rings. The SMILES string of the molecule is CNc1cc(-c2cccnc2Nc2c(C)ccc3c(Nc4ccccc4Cl)nccc23)ncn1. The van der Waals surface area contributed by atoms with Crippen LogP contribution in [0.15, 0.2) is 79.4 Å². The van der Waals surface area contributed by atoms with Crippen LogP contribution in [0.5, 0.6) is 0 Å². The third-order valence-corrected chi connectivity index (χ3v) is 5.86. The van der Waals surface area contributed by atoms with E-state index in [4.69, 9.17) is 11.6 Å². The number of benzene rings is 2. The number of aromatic nitrogens is 4. The molecule has 168 valence electrons. The molecule has 5 aromatic rings. The van der Waals surface area contributed by atoms with Crippen molar-refractivity contribution in [2.24, 2.45) is 0 Å². The molecule has 2 aromatic carbocycles. The maximum Gasteiger partial charge on any atom is 0.139 e. The largest absolute Gasteiger partial charge is 0.373 e. The van der Waals surface area contributed by atoms with E-state index in [9.17, 15) is 0 Å². The summed E-state index contributed by atoms with van der Waals surface area (Å²) in [5.74, 6) is 2.17. The molecular formula is C26H22ClN7. The fourth-order valence-electron chi connectivity index (χ4n) is 3.79. The Morgan fingerprint density at radius 1 is 0.765 bits per heavy atom. The Hall–Kier alpha value is -4.23. The van der Waals surface area contributed by atoms with E-state index < -0.39 is 0 Å². The van der Waals surface area contributed by atoms with Crippen LogP contribution in [-0.2, 0) is 0 Å². The number of anilines is 5. The monoisotopic (exact) mass is 467 g/mol. The Morgan fingerprint density at radius 3 is 2.47 bits per heavy atom. The first-order valence-electron chi connectivity index (χ1n) is 10.8. The summed E-state index contributed by atoms with van der Waals surface area (Å²) in [6.07, 6.45) is 5.09. The molecule has 3 heterocycles. The summed E-state index contributed by atoms with van der Waals surface area (Å²) in [6, 6.07) is 19.5. The topological polar surface area (TPSA) is 87.7 Å². The highest BCUT2D eigenvalue weighted by atomic mass is 35.5. The Kier molecular flexibility index (Phi) is 5.93. The molecule has 0 aliphatic rings. The number of rotatable bonds is 6. The number of aryl methyl sites for hydroxylation is 1. The van der Waals surface area contributed by atoms with Gasteiger partial charge in [0.25, 0.3) is 0 Å². The second-order valence-corrected chi connectivity index (χ2v) is 8.09. The predicted octanol–water partition coefficient (Wildman–Crippen LogP) is 6.58. The molecule has 0 spiro atoms. The van der Waals surface area contributed by atoms with Crippen molar-refractivity contribution in [1.82, 2.24) is 19.9 Å². The molecule has 0 aliphatic heterocycles. The van der Waals surface area contributed by atoms with Gasteiger partial charge in [0.2, 0.25) is 0 Å². The number of hydrogen-bond donors (Lipinski definition) is 3. The van der Waals surface area contributed by atoms with Gasteiger partial charge >= 0.3 is 0 Å². The van der Waals surface area contributed by atoms with Crippen LogP contribution in [-0.4, -0.2) is 27.0 Å². The lowest BCUT2D eigenvalue weighted by molar-refractivity contribution is 1.16. The first-order chi connectivity index (χ1) is 16.6. The molecule has 0 saturated carbocycles. The summed E-state index contributed by atoms with van der Waals surface area (Å²) in [4.78, 5) is 17.8. The highest BCUT2D eigenvalue weighted by Crippen LogP contribution is 2.36. The summed E-state index contributed by atoms with van der Waals surface area (Å²) in [5, 5.41) is 12.6. The molecule has 0 aliphatic carbocycles. The van der Waals surface area contributed by atoms with Gasteiger partial charge < -0.3 is 16.0 Å². The van der Waals surface area contributed by atoms with Crippen molar-refractivity contribution in [2.75, 3.05) is 23.0 Å². The standard InChI is InChI=1S/C26H22ClN7/c1-16-9-10-18-17(11-13-30-25(18)33-21-8-4-3-7-20(21)27)24(16)34-26-19(6-5-12-29-26)22-14-23(28-2)32-15-31-22/h3-15H,1-2H3,(H,29,34)(H,30,33)(H,28,31,32). The number of nitrogens with one attached hydrogen (secondary N) is 3. The Morgan fingerprint density at radius 2 is 1.62 bits per heavy atom. The fraction of sp³-hybridized carbons (Fsp3) is 0.0769. The van der Waals surface area contributed by atoms with Crippen LogP contribution < -0.4 is 16.0 Å². The smallest absolute Gasteiger partial charge is 0.139 e. The molecule has 3 N–H and O–H groups in total. The minimum atomic E-state index is 0.635. The van der Waals surface area contributed by atoms with Crippen molar-refractivity contribution in [2.45, 2.75) is 6.92 Å². The van der Waals surface area contributed by atoms with E-state index >= 15 is 0 Å². The average molecular weight is 468 g/mol. The van der Waals surface area contributed by atoms with E-state index in [1.807, 2.05) is 55.6 Å². The van der Waals surface area contributed by atoms with Crippen LogP contribution in [0.4, 0.5) is 28.8 Å². The van der Waals surface area contributed by atoms with Crippen molar-refractivity contribution >= 4 is 51.2 Å². The molecule has 5 rings (SSSR count). The first kappa shape index (κ1) is 21.6. The van der Waals surface area contributed by atoms with Crippen molar-refractivity contribution in [3.05, 3.63) is 90.0 Å². The minimum Gasteiger partial charge on any atom is -0.373 e. The van der Waals surface area contributed by atoms with Crippen LogP contribution in [0.1, 0.15) is 5.56 Å². The van der Waals surface area contributed by atoms with E-state index in [0.717, 1.165) is 50.6 Å². The number of nitrogens with zero attached hydrogens (tertiary/aromatic N) is 4. The van der Waals surface area contributed by atoms with Gasteiger partial charge in [-0.1, -0.05) is 35.9 Å². The average Bonchev–Trinajstić information content (AvgIpc) is 2.87. The van der Waals surface area contributed by atoms with E-state index in [-0.39, 0.29) is 0 Å². The zero-order valence-electron chi connectivity index (χ0n) is 18.7. The van der Waals surface area contributed by atoms with Gasteiger partial charge in [-0.15, -0.1) is 0 Å². The number of fused-ring (bicyclic) bond motifs is 1. The lowest BCUT2D eigenvalue weighted by atomic mass is 10.0. The van der Waals surface area contributed by atoms with Crippen LogP contribution in [0.25, 0.3) is 22.0 Å². The highest BCUT2D eigenvalue weighted by Gasteiger charge is 2.14. The first-order valence-corrected chi connectivity index (χ1v) is 11.1. The molecule has 7 nitrogen and oxygen atoms in total. The van der Waals surface area contributed by atoms with Crippen molar-refractivity contribution in [1.29, 1.82) is 0 Å². The van der Waals surface area contributed by atoms with Crippen LogP contribution in [0.2, 0.25) is 5.02 Å². The van der Waals surface area contributed by atoms with Crippen LogP contribution in [0.3, 0.4) is 0 Å². The van der Waals surface area contributed by atoms with Gasteiger partial charge in [0.05, 0.1) is 22.1 Å². The fourth-order valence-corrected chi connectivity index (χ4v) is 3.97. The zero-order valence-corrected chi connectivity index (χ0v) is 19.4. The van der Waals surface area contributed by atoms with Gasteiger partial charge in [-0.25, -0.2) is 19.9 Å². The maximum absolute atomic E-state index is 6.36. The summed E-state index contributed by atoms with van der Waals surface area (Å²) >= 11 is 6.36. The normalized spacial score (nSPS) is 10.8. The molecule has 0 bridgehead atoms. The van der Waals surface area contributed by atoms with Crippen LogP contribution in [0, 0.1) is 6.92 Å². The number of para-hydroxylation sites is 1. The summed E-state index contributed by atoms with van der Waals surface area (Å²) < 4.78 is 0. The van der Waals surface area contributed by atoms with Crippen molar-refractivity contribution < 1.29 is 0 Å². The molecule has 0 atom stereocenters. The molecule has 0 radical (unpaired) electrons. The van der Waals surface area contributed by atoms with Gasteiger partial charge in [0.1, 0.15) is 23.8 Å². The quantitative estimate of drug-likeness (QED) is 0.260. The van der Waals surface area contributed by atoms with E-state index in [2.05, 4.69) is 54.9 Å². The lowest BCUT2D eigenvalue weighted by Gasteiger charge is -2.17. The van der Waals surface area contributed by atoms with E-state index in [1.165, 1.54) is 0 Å². The summed E-state index contributed by atoms with van der Waals surface area (Å²) in [7, 11) is 1.83. The number of hydrogen-bond acceptors (Lipinski definition) is 7. The summed E-state index contributed by atoms with van der Waals surface area (Å²) in [5.41, 5.74) is 4.48. The maximum atomic E-state index is 6.36. The second kappa shape index (κ2) is 9.33. The van der Waals surface area contributed by atoms with Gasteiger partial charge in [-0.05, 0) is 42.8 Å². The third-order valence-electron chi connectivity index (χ3n) is 5.53. The van der Waals surface area contributed by atoms with E-state index in [0.29, 0.717) is 10.8 Å². The van der Waals surface area contributed by atoms with Crippen molar-refractivity contribution in [3.8, 4) is 11.3 Å². The molecule has 34 heavy (non-hydrogen) atoms. The van der Waals surface area contributed by atoms with Gasteiger partial charge in [-0.3, -0.25) is 0 Å². The molecule has 0 amide bonds. The zero-order chi connectivity index (χ0) is 23.5. The number of halogens is 1. The minimum absolute atomic E-state index is 0.635. The second-order valence-electron chi connectivity index (χ2n) is 7.68. The molecule has 0 saturated heterocycles. The Labute approximate surface area is 202 Å². The predicted molar refractivity (Wildman–Crippen MR) is 139 cm³/mol. The lowest BCUT2D eigenvalue weighted by Crippen LogP contribution is -2.02. The van der Waals surface area contributed by atoms with E-state index in [1.54, 1.807) is 18.7 Å². The molecule has 8 heteroatoms. The highest BCUT2D eigenvalue weighted by molar-refractivity contribution is 6.33. The van der Waals surface area contributed by atoms with Gasteiger partial charge in [0.15, 0.2) is 0 Å². The van der Waals surface area contributed by atoms with Gasteiger partial charge in [0, 0.05) is 41.8 Å². The third kappa shape index (κ3) is 4.21. The molecule has 3 aromatic heterocycles. The van der Waals surface area contributed by atoms with Crippen molar-refractivity contribution in [3.63, 3.8) is 0 Å². The van der Waals surface area contributed by atoms with Gasteiger partial charge in [-0.2, -0.15) is 0 Å². The molecule has 0 unspecified atom stereocenters. The van der Waals surface area contributed by atoms with Crippen LogP contribution >= 0.6 is 11.6 Å². The summed E-state index contributed by atoms with van der Waals surface area (Å²) in [6.45, 7) is 2.07.